The number of aromatic nitrogens is 1. The largest absolute Gasteiger partial charge is 0.489 e. The van der Waals surface area contributed by atoms with Crippen LogP contribution in [-0.2, 0) is 17.9 Å². The van der Waals surface area contributed by atoms with Crippen molar-refractivity contribution in [3.63, 3.8) is 0 Å². The fourth-order valence-electron chi connectivity index (χ4n) is 1.73. The second kappa shape index (κ2) is 7.40. The quantitative estimate of drug-likeness (QED) is 0.810. The molecule has 0 aliphatic carbocycles. The summed E-state index contributed by atoms with van der Waals surface area (Å²) in [5.41, 5.74) is 7.29. The van der Waals surface area contributed by atoms with Crippen LogP contribution in [0.3, 0.4) is 0 Å². The highest BCUT2D eigenvalue weighted by atomic mass is 16.5. The summed E-state index contributed by atoms with van der Waals surface area (Å²) >= 11 is 0. The van der Waals surface area contributed by atoms with Gasteiger partial charge in [-0.3, -0.25) is 9.78 Å². The maximum Gasteiger partial charge on any atom is 0.234 e. The smallest absolute Gasteiger partial charge is 0.234 e. The van der Waals surface area contributed by atoms with Gasteiger partial charge in [-0.1, -0.05) is 18.2 Å². The number of benzene rings is 1. The Morgan fingerprint density at radius 3 is 2.67 bits per heavy atom. The van der Waals surface area contributed by atoms with Crippen LogP contribution in [0.5, 0.6) is 5.75 Å². The molecule has 0 spiro atoms. The molecule has 1 atom stereocenters. The maximum absolute atomic E-state index is 10.9. The van der Waals surface area contributed by atoms with E-state index in [2.05, 4.69) is 10.3 Å². The second-order valence-corrected chi connectivity index (χ2v) is 4.80. The molecule has 1 heterocycles. The van der Waals surface area contributed by atoms with Gasteiger partial charge < -0.3 is 15.8 Å². The molecule has 0 saturated carbocycles. The summed E-state index contributed by atoms with van der Waals surface area (Å²) in [7, 11) is 0. The molecule has 0 fully saturated rings. The van der Waals surface area contributed by atoms with Gasteiger partial charge in [-0.25, -0.2) is 0 Å². The van der Waals surface area contributed by atoms with Crippen molar-refractivity contribution in [1.29, 1.82) is 0 Å². The van der Waals surface area contributed by atoms with Crippen molar-refractivity contribution in [2.75, 3.05) is 0 Å². The Hall–Kier alpha value is -2.40. The van der Waals surface area contributed by atoms with Crippen molar-refractivity contribution < 1.29 is 9.53 Å². The van der Waals surface area contributed by atoms with Gasteiger partial charge in [-0.15, -0.1) is 0 Å². The normalized spacial score (nSPS) is 11.9. The first-order chi connectivity index (χ1) is 10.1. The number of nitrogens with one attached hydrogen (secondary N) is 1. The predicted octanol–water partition coefficient (Wildman–Crippen LogP) is 1.62. The van der Waals surface area contributed by atoms with Crippen molar-refractivity contribution in [2.24, 2.45) is 5.73 Å². The second-order valence-electron chi connectivity index (χ2n) is 4.80. The Morgan fingerprint density at radius 1 is 1.29 bits per heavy atom. The fraction of sp³-hybridized carbons (Fsp3) is 0.250. The number of carbonyl (C=O) groups excluding carboxylic acids is 1. The lowest BCUT2D eigenvalue weighted by atomic mass is 10.2. The SMILES string of the molecule is C[C@@H](NCc1ccc(OCc2cccnc2)cc1)C(N)=O. The standard InChI is InChI=1S/C16H19N3O2/c1-12(16(17)20)19-10-13-4-6-15(7-5-13)21-11-14-3-2-8-18-9-14/h2-9,12,19H,10-11H2,1H3,(H2,17,20)/t12-/m1/s1. The number of primary amides is 1. The number of hydrogen-bond donors (Lipinski definition) is 2. The molecule has 5 nitrogen and oxygen atoms in total. The molecule has 3 N–H and O–H groups in total. The molecule has 1 aromatic heterocycles. The Balaban J connectivity index is 1.83. The number of rotatable bonds is 7. The predicted molar refractivity (Wildman–Crippen MR) is 80.5 cm³/mol. The number of amides is 1. The van der Waals surface area contributed by atoms with E-state index < -0.39 is 0 Å². The van der Waals surface area contributed by atoms with Crippen LogP contribution in [0.25, 0.3) is 0 Å². The van der Waals surface area contributed by atoms with Gasteiger partial charge in [0.25, 0.3) is 0 Å². The number of pyridine rings is 1. The zero-order valence-corrected chi connectivity index (χ0v) is 12.0. The van der Waals surface area contributed by atoms with E-state index in [1.165, 1.54) is 0 Å². The van der Waals surface area contributed by atoms with Gasteiger partial charge in [-0.2, -0.15) is 0 Å². The lowest BCUT2D eigenvalue weighted by Crippen LogP contribution is -2.38. The molecular formula is C16H19N3O2. The molecule has 0 saturated heterocycles. The lowest BCUT2D eigenvalue weighted by molar-refractivity contribution is -0.119. The molecule has 5 heteroatoms. The van der Waals surface area contributed by atoms with Crippen LogP contribution in [0.15, 0.2) is 48.8 Å². The number of nitrogens with zero attached hydrogens (tertiary/aromatic N) is 1. The highest BCUT2D eigenvalue weighted by Crippen LogP contribution is 2.14. The molecule has 2 rings (SSSR count). The number of nitrogens with two attached hydrogens (primary N) is 1. The molecular weight excluding hydrogens is 266 g/mol. The summed E-state index contributed by atoms with van der Waals surface area (Å²) in [5, 5.41) is 3.05. The Morgan fingerprint density at radius 2 is 2.05 bits per heavy atom. The summed E-state index contributed by atoms with van der Waals surface area (Å²) in [4.78, 5) is 15.0. The first-order valence-electron chi connectivity index (χ1n) is 6.78. The average Bonchev–Trinajstić information content (AvgIpc) is 2.52. The topological polar surface area (TPSA) is 77.2 Å². The summed E-state index contributed by atoms with van der Waals surface area (Å²) in [6, 6.07) is 11.2. The van der Waals surface area contributed by atoms with Crippen molar-refractivity contribution >= 4 is 5.91 Å². The summed E-state index contributed by atoms with van der Waals surface area (Å²) in [6.45, 7) is 2.82. The third kappa shape index (κ3) is 4.89. The highest BCUT2D eigenvalue weighted by molar-refractivity contribution is 5.79. The Kier molecular flexibility index (Phi) is 5.29. The average molecular weight is 285 g/mol. The van der Waals surface area contributed by atoms with Gasteiger partial charge in [0.15, 0.2) is 0 Å². The van der Waals surface area contributed by atoms with Gasteiger partial charge in [0.1, 0.15) is 12.4 Å². The van der Waals surface area contributed by atoms with Crippen molar-refractivity contribution in [3.8, 4) is 5.75 Å². The minimum absolute atomic E-state index is 0.341. The van der Waals surface area contributed by atoms with Crippen LogP contribution in [-0.4, -0.2) is 16.9 Å². The minimum Gasteiger partial charge on any atom is -0.489 e. The van der Waals surface area contributed by atoms with Crippen LogP contribution in [0, 0.1) is 0 Å². The molecule has 1 amide bonds. The molecule has 0 aliphatic heterocycles. The van der Waals surface area contributed by atoms with Crippen LogP contribution >= 0.6 is 0 Å². The van der Waals surface area contributed by atoms with Crippen molar-refractivity contribution in [2.45, 2.75) is 26.1 Å². The fourth-order valence-corrected chi connectivity index (χ4v) is 1.73. The third-order valence-electron chi connectivity index (χ3n) is 3.09. The first-order valence-corrected chi connectivity index (χ1v) is 6.78. The van der Waals surface area contributed by atoms with Crippen molar-refractivity contribution in [1.82, 2.24) is 10.3 Å². The molecule has 0 aliphatic rings. The van der Waals surface area contributed by atoms with Crippen molar-refractivity contribution in [3.05, 3.63) is 59.9 Å². The van der Waals surface area contributed by atoms with Gasteiger partial charge in [0, 0.05) is 24.5 Å². The lowest BCUT2D eigenvalue weighted by Gasteiger charge is -2.11. The van der Waals surface area contributed by atoms with E-state index in [0.717, 1.165) is 16.9 Å². The summed E-state index contributed by atoms with van der Waals surface area (Å²) in [6.07, 6.45) is 3.52. The summed E-state index contributed by atoms with van der Waals surface area (Å²) < 4.78 is 5.68. The first kappa shape index (κ1) is 15.0. The Bertz CT molecular complexity index is 570. The van der Waals surface area contributed by atoms with E-state index in [4.69, 9.17) is 10.5 Å². The molecule has 0 radical (unpaired) electrons. The number of carbonyl (C=O) groups is 1. The minimum atomic E-state index is -0.355. The monoisotopic (exact) mass is 285 g/mol. The molecule has 21 heavy (non-hydrogen) atoms. The van der Waals surface area contributed by atoms with E-state index >= 15 is 0 Å². The van der Waals surface area contributed by atoms with Gasteiger partial charge in [0.2, 0.25) is 5.91 Å². The molecule has 2 aromatic rings. The Labute approximate surface area is 124 Å². The van der Waals surface area contributed by atoms with Crippen LogP contribution in [0.2, 0.25) is 0 Å². The highest BCUT2D eigenvalue weighted by Gasteiger charge is 2.06. The third-order valence-corrected chi connectivity index (χ3v) is 3.09. The maximum atomic E-state index is 10.9. The molecule has 110 valence electrons. The van der Waals surface area contributed by atoms with Crippen LogP contribution in [0.1, 0.15) is 18.1 Å². The van der Waals surface area contributed by atoms with Gasteiger partial charge in [0.05, 0.1) is 6.04 Å². The van der Waals surface area contributed by atoms with E-state index in [0.29, 0.717) is 13.2 Å². The zero-order valence-electron chi connectivity index (χ0n) is 12.0. The number of ether oxygens (including phenoxy) is 1. The molecule has 0 bridgehead atoms. The number of hydrogen-bond acceptors (Lipinski definition) is 4. The van der Waals surface area contributed by atoms with E-state index in [1.54, 1.807) is 19.3 Å². The zero-order chi connectivity index (χ0) is 15.1. The summed E-state index contributed by atoms with van der Waals surface area (Å²) in [5.74, 6) is 0.442. The van der Waals surface area contributed by atoms with Crippen LogP contribution < -0.4 is 15.8 Å². The van der Waals surface area contributed by atoms with E-state index in [-0.39, 0.29) is 11.9 Å². The molecule has 1 aromatic carbocycles. The van der Waals surface area contributed by atoms with Gasteiger partial charge in [-0.05, 0) is 30.7 Å². The van der Waals surface area contributed by atoms with Crippen LogP contribution in [0.4, 0.5) is 0 Å². The van der Waals surface area contributed by atoms with E-state index in [1.807, 2.05) is 36.4 Å². The van der Waals surface area contributed by atoms with Gasteiger partial charge >= 0.3 is 0 Å². The molecule has 0 unspecified atom stereocenters. The van der Waals surface area contributed by atoms with E-state index in [9.17, 15) is 4.79 Å².